The summed E-state index contributed by atoms with van der Waals surface area (Å²) < 4.78 is 0. The summed E-state index contributed by atoms with van der Waals surface area (Å²) in [6, 6.07) is 10.2. The number of rotatable bonds is 2. The minimum atomic E-state index is 0. The summed E-state index contributed by atoms with van der Waals surface area (Å²) in [6.45, 7) is 16.0. The van der Waals surface area contributed by atoms with E-state index in [1.165, 1.54) is 5.56 Å². The van der Waals surface area contributed by atoms with E-state index in [4.69, 9.17) is 18.4 Å². The van der Waals surface area contributed by atoms with Crippen LogP contribution in [-0.2, 0) is 12.6 Å². The van der Waals surface area contributed by atoms with E-state index < -0.39 is 0 Å². The molecule has 0 aliphatic heterocycles. The van der Waals surface area contributed by atoms with Crippen LogP contribution in [0, 0.1) is 6.92 Å². The Labute approximate surface area is 206 Å². The van der Waals surface area contributed by atoms with Gasteiger partial charge in [0.15, 0.2) is 0 Å². The van der Waals surface area contributed by atoms with E-state index >= 15 is 0 Å². The molecule has 0 fully saturated rings. The smallest absolute Gasteiger partial charge is 0.778 e. The number of nitrogens with one attached hydrogen (secondary N) is 1. The molecule has 0 atom stereocenters. The number of hydrogen-bond donors (Lipinski definition) is 2. The average Bonchev–Trinajstić information content (AvgIpc) is 2.69. The molecule has 0 aromatic heterocycles. The van der Waals surface area contributed by atoms with Gasteiger partial charge in [0.2, 0.25) is 0 Å². The quantitative estimate of drug-likeness (QED) is 0.277. The molecule has 3 aromatic carbocycles. The zero-order valence-corrected chi connectivity index (χ0v) is 21.0. The zero-order chi connectivity index (χ0) is 21.1. The van der Waals surface area contributed by atoms with Crippen molar-refractivity contribution in [3.8, 4) is 0 Å². The van der Waals surface area contributed by atoms with Gasteiger partial charge in [-0.25, -0.2) is 0 Å². The van der Waals surface area contributed by atoms with Crippen molar-refractivity contribution in [1.82, 2.24) is 0 Å². The molecule has 2 nitrogen and oxygen atoms in total. The summed E-state index contributed by atoms with van der Waals surface area (Å²) >= 11 is 5.54. The molecule has 0 saturated carbocycles. The third-order valence-corrected chi connectivity index (χ3v) is 5.37. The second-order valence-corrected chi connectivity index (χ2v) is 7.70. The summed E-state index contributed by atoms with van der Waals surface area (Å²) in [5, 5.41) is 9.67. The number of fused-ring (bicyclic) bond motifs is 2. The summed E-state index contributed by atoms with van der Waals surface area (Å²) in [4.78, 5) is 0.636. The molecule has 0 spiro atoms. The van der Waals surface area contributed by atoms with Crippen LogP contribution in [0.5, 0.6) is 0 Å². The molecule has 0 radical (unpaired) electrons. The van der Waals surface area contributed by atoms with Gasteiger partial charge in [-0.1, -0.05) is 49.6 Å². The number of anilines is 3. The van der Waals surface area contributed by atoms with E-state index in [0.717, 1.165) is 55.9 Å². The second-order valence-electron chi connectivity index (χ2n) is 7.26. The molecular formula is C26H27N2NaS. The van der Waals surface area contributed by atoms with E-state index in [-0.39, 0.29) is 29.6 Å². The fraction of sp³-hybridized carbons (Fsp3) is 0.154. The Hall–Kier alpha value is -2.04. The van der Waals surface area contributed by atoms with Crippen molar-refractivity contribution in [3.63, 3.8) is 0 Å². The van der Waals surface area contributed by atoms with Gasteiger partial charge in [0.05, 0.1) is 0 Å². The second kappa shape index (κ2) is 10.3. The molecule has 0 saturated heterocycles. The van der Waals surface area contributed by atoms with Gasteiger partial charge in [-0.05, 0) is 65.3 Å². The predicted octanol–water partition coefficient (Wildman–Crippen LogP) is 0.752. The molecule has 3 N–H and O–H groups in total. The maximum Gasteiger partial charge on any atom is 1.00 e. The number of nitrogens with two attached hydrogens (primary N) is 1. The molecule has 3 aromatic rings. The summed E-state index contributed by atoms with van der Waals surface area (Å²) in [5.41, 5.74) is 10.1. The van der Waals surface area contributed by atoms with Crippen molar-refractivity contribution in [2.75, 3.05) is 11.1 Å². The Morgan fingerprint density at radius 2 is 1.60 bits per heavy atom. The van der Waals surface area contributed by atoms with Crippen molar-refractivity contribution in [2.24, 2.45) is 0 Å². The number of benzene rings is 3. The van der Waals surface area contributed by atoms with Crippen molar-refractivity contribution < 1.29 is 29.6 Å². The number of hydrogen-bond acceptors (Lipinski definition) is 3. The molecule has 1 aliphatic rings. The first-order valence-corrected chi connectivity index (χ1v) is 10.1. The third-order valence-electron chi connectivity index (χ3n) is 5.03. The van der Waals surface area contributed by atoms with Gasteiger partial charge in [0, 0.05) is 27.8 Å². The monoisotopic (exact) mass is 422 g/mol. The van der Waals surface area contributed by atoms with E-state index in [0.29, 0.717) is 10.6 Å². The van der Waals surface area contributed by atoms with Gasteiger partial charge < -0.3 is 23.7 Å². The molecular weight excluding hydrogens is 395 g/mol. The van der Waals surface area contributed by atoms with E-state index in [2.05, 4.69) is 56.3 Å². The van der Waals surface area contributed by atoms with Gasteiger partial charge in [0.25, 0.3) is 0 Å². The van der Waals surface area contributed by atoms with Gasteiger partial charge >= 0.3 is 29.6 Å². The van der Waals surface area contributed by atoms with E-state index in [1.54, 1.807) is 6.08 Å². The van der Waals surface area contributed by atoms with E-state index in [9.17, 15) is 0 Å². The number of nitrogen functional groups attached to an aromatic ring is 1. The maximum absolute atomic E-state index is 6.38. The third kappa shape index (κ3) is 4.65. The van der Waals surface area contributed by atoms with Gasteiger partial charge in [-0.3, -0.25) is 0 Å². The summed E-state index contributed by atoms with van der Waals surface area (Å²) in [7, 11) is 0. The van der Waals surface area contributed by atoms with Gasteiger partial charge in [-0.15, -0.1) is 11.5 Å². The largest absolute Gasteiger partial charge is 1.00 e. The molecule has 0 bridgehead atoms. The van der Waals surface area contributed by atoms with Crippen LogP contribution in [0.1, 0.15) is 25.3 Å². The molecule has 0 amide bonds. The maximum atomic E-state index is 6.38. The number of allylic oxidation sites excluding steroid dienone is 1. The van der Waals surface area contributed by atoms with Crippen LogP contribution in [0.3, 0.4) is 0 Å². The average molecular weight is 423 g/mol. The SMILES string of the molecule is C=CC.C=c1c2c(c(=C)c3c(N)c([S-])cc(Nc4cccc(C)c4)c13)=CCCC=2.[Na+]. The standard InChI is InChI=1S/C23H22N2S.C3H6.Na/c1-13-7-6-8-16(11-13)25-19-12-20(26)23(24)22-15(3)18-10-5-4-9-17(18)14(2)21(19)22;1-3-2;/h6-12,25-26H,2-5,24H2,1H3;3H,1H2,2H3;/q;;+1/p-1. The molecule has 0 heterocycles. The Bertz CT molecular complexity index is 1330. The minimum absolute atomic E-state index is 0. The fourth-order valence-corrected chi connectivity index (χ4v) is 4.01. The normalized spacial score (nSPS) is 11.7. The Morgan fingerprint density at radius 1 is 1.03 bits per heavy atom. The summed E-state index contributed by atoms with van der Waals surface area (Å²) in [6.07, 6.45) is 8.27. The predicted molar refractivity (Wildman–Crippen MR) is 132 cm³/mol. The first-order valence-electron chi connectivity index (χ1n) is 9.73. The van der Waals surface area contributed by atoms with Gasteiger partial charge in [0.1, 0.15) is 0 Å². The van der Waals surface area contributed by atoms with Crippen LogP contribution in [-0.4, -0.2) is 0 Å². The Balaban J connectivity index is 0.000000757. The molecule has 148 valence electrons. The van der Waals surface area contributed by atoms with Crippen molar-refractivity contribution >= 4 is 65.8 Å². The minimum Gasteiger partial charge on any atom is -0.778 e. The summed E-state index contributed by atoms with van der Waals surface area (Å²) in [5.74, 6) is 0. The van der Waals surface area contributed by atoms with Crippen molar-refractivity contribution in [3.05, 3.63) is 69.4 Å². The Morgan fingerprint density at radius 3 is 2.17 bits per heavy atom. The van der Waals surface area contributed by atoms with Crippen LogP contribution < -0.4 is 61.5 Å². The molecule has 4 rings (SSSR count). The van der Waals surface area contributed by atoms with Crippen LogP contribution in [0.25, 0.3) is 36.1 Å². The van der Waals surface area contributed by atoms with Crippen LogP contribution in [0.4, 0.5) is 17.1 Å². The fourth-order valence-electron chi connectivity index (χ4n) is 3.79. The zero-order valence-electron chi connectivity index (χ0n) is 18.1. The van der Waals surface area contributed by atoms with Crippen LogP contribution >= 0.6 is 0 Å². The van der Waals surface area contributed by atoms with E-state index in [1.807, 2.05) is 25.1 Å². The molecule has 30 heavy (non-hydrogen) atoms. The molecule has 4 heteroatoms. The molecule has 0 unspecified atom stereocenters. The van der Waals surface area contributed by atoms with Crippen LogP contribution in [0.2, 0.25) is 0 Å². The topological polar surface area (TPSA) is 38.0 Å². The van der Waals surface area contributed by atoms with Gasteiger partial charge in [-0.2, -0.15) is 0 Å². The first-order chi connectivity index (χ1) is 13.9. The van der Waals surface area contributed by atoms with Crippen LogP contribution in [0.15, 0.2) is 47.9 Å². The van der Waals surface area contributed by atoms with Crippen molar-refractivity contribution in [2.45, 2.75) is 31.6 Å². The molecule has 1 aliphatic carbocycles. The Kier molecular flexibility index (Phi) is 8.34. The van der Waals surface area contributed by atoms with Crippen molar-refractivity contribution in [1.29, 1.82) is 0 Å². The first kappa shape index (κ1) is 24.2. The number of aryl methyl sites for hydroxylation is 1.